The molecule has 0 aliphatic carbocycles. The quantitative estimate of drug-likeness (QED) is 0.644. The zero-order chi connectivity index (χ0) is 13.0. The zero-order valence-corrected chi connectivity index (χ0v) is 11.1. The first kappa shape index (κ1) is 13.2. The summed E-state index contributed by atoms with van der Waals surface area (Å²) >= 11 is 1.71. The number of rotatable bonds is 5. The summed E-state index contributed by atoms with van der Waals surface area (Å²) in [6, 6.07) is 9.14. The Bertz CT molecular complexity index is 497. The van der Waals surface area contributed by atoms with E-state index in [1.165, 1.54) is 10.9 Å². The van der Waals surface area contributed by atoms with Crippen LogP contribution in [0, 0.1) is 12.7 Å². The zero-order valence-electron chi connectivity index (χ0n) is 10.3. The lowest BCUT2D eigenvalue weighted by atomic mass is 9.99. The third-order valence-electron chi connectivity index (χ3n) is 3.04. The van der Waals surface area contributed by atoms with Gasteiger partial charge in [-0.3, -0.25) is 11.3 Å². The van der Waals surface area contributed by atoms with Gasteiger partial charge in [0.15, 0.2) is 0 Å². The second kappa shape index (κ2) is 6.09. The fourth-order valence-corrected chi connectivity index (χ4v) is 2.77. The average molecular weight is 264 g/mol. The molecule has 1 aromatic heterocycles. The molecule has 1 heterocycles. The lowest BCUT2D eigenvalue weighted by Crippen LogP contribution is -2.38. The molecule has 1 aromatic carbocycles. The van der Waals surface area contributed by atoms with E-state index in [0.29, 0.717) is 0 Å². The van der Waals surface area contributed by atoms with Crippen molar-refractivity contribution in [2.75, 3.05) is 0 Å². The molecular formula is C14H17FN2S. The van der Waals surface area contributed by atoms with Gasteiger partial charge in [0.05, 0.1) is 0 Å². The van der Waals surface area contributed by atoms with Crippen LogP contribution < -0.4 is 11.3 Å². The van der Waals surface area contributed by atoms with E-state index < -0.39 is 0 Å². The first-order valence-electron chi connectivity index (χ1n) is 5.92. The number of aryl methyl sites for hydroxylation is 1. The van der Waals surface area contributed by atoms with Crippen LogP contribution in [-0.2, 0) is 12.8 Å². The number of benzene rings is 1. The number of thiophene rings is 1. The number of hydrogen-bond acceptors (Lipinski definition) is 3. The molecule has 0 aliphatic heterocycles. The van der Waals surface area contributed by atoms with E-state index in [0.717, 1.165) is 24.0 Å². The van der Waals surface area contributed by atoms with E-state index in [1.807, 2.05) is 19.1 Å². The summed E-state index contributed by atoms with van der Waals surface area (Å²) < 4.78 is 13.2. The van der Waals surface area contributed by atoms with E-state index in [1.54, 1.807) is 17.4 Å². The molecule has 0 amide bonds. The number of hydrazine groups is 1. The molecule has 2 nitrogen and oxygen atoms in total. The highest BCUT2D eigenvalue weighted by Crippen LogP contribution is 2.16. The molecule has 96 valence electrons. The third kappa shape index (κ3) is 3.38. The van der Waals surface area contributed by atoms with Gasteiger partial charge in [0.1, 0.15) is 5.82 Å². The van der Waals surface area contributed by atoms with Gasteiger partial charge in [-0.2, -0.15) is 0 Å². The van der Waals surface area contributed by atoms with E-state index in [9.17, 15) is 4.39 Å². The Morgan fingerprint density at radius 3 is 2.83 bits per heavy atom. The Labute approximate surface area is 111 Å². The smallest absolute Gasteiger partial charge is 0.123 e. The third-order valence-corrected chi connectivity index (χ3v) is 3.94. The number of halogens is 1. The van der Waals surface area contributed by atoms with Crippen molar-refractivity contribution in [2.24, 2.45) is 5.84 Å². The highest BCUT2D eigenvalue weighted by Gasteiger charge is 2.11. The van der Waals surface area contributed by atoms with Gasteiger partial charge in [-0.15, -0.1) is 11.3 Å². The standard InChI is InChI=1S/C14H17FN2S/c1-10-4-5-12(15)7-11(10)8-13(17-16)9-14-3-2-6-18-14/h2-7,13,17H,8-9,16H2,1H3. The van der Waals surface area contributed by atoms with Gasteiger partial charge in [-0.1, -0.05) is 12.1 Å². The van der Waals surface area contributed by atoms with Crippen molar-refractivity contribution in [2.45, 2.75) is 25.8 Å². The molecular weight excluding hydrogens is 247 g/mol. The van der Waals surface area contributed by atoms with Crippen LogP contribution in [0.2, 0.25) is 0 Å². The molecule has 18 heavy (non-hydrogen) atoms. The number of hydrogen-bond donors (Lipinski definition) is 2. The Balaban J connectivity index is 2.07. The molecule has 0 radical (unpaired) electrons. The van der Waals surface area contributed by atoms with Crippen molar-refractivity contribution in [3.05, 3.63) is 57.5 Å². The molecule has 4 heteroatoms. The summed E-state index contributed by atoms with van der Waals surface area (Å²) in [6.07, 6.45) is 1.60. The molecule has 0 spiro atoms. The summed E-state index contributed by atoms with van der Waals surface area (Å²) in [4.78, 5) is 1.28. The van der Waals surface area contributed by atoms with Gasteiger partial charge < -0.3 is 0 Å². The van der Waals surface area contributed by atoms with Crippen LogP contribution in [0.4, 0.5) is 4.39 Å². The lowest BCUT2D eigenvalue weighted by Gasteiger charge is -2.16. The van der Waals surface area contributed by atoms with Crippen LogP contribution in [0.1, 0.15) is 16.0 Å². The molecule has 2 rings (SSSR count). The SMILES string of the molecule is Cc1ccc(F)cc1CC(Cc1cccs1)NN. The van der Waals surface area contributed by atoms with Crippen molar-refractivity contribution in [1.29, 1.82) is 0 Å². The molecule has 2 aromatic rings. The average Bonchev–Trinajstić information content (AvgIpc) is 2.85. The monoisotopic (exact) mass is 264 g/mol. The Morgan fingerprint density at radius 2 is 2.17 bits per heavy atom. The van der Waals surface area contributed by atoms with Crippen LogP contribution in [0.3, 0.4) is 0 Å². The lowest BCUT2D eigenvalue weighted by molar-refractivity contribution is 0.522. The minimum Gasteiger partial charge on any atom is -0.271 e. The molecule has 0 saturated heterocycles. The molecule has 1 atom stereocenters. The molecule has 0 fully saturated rings. The van der Waals surface area contributed by atoms with Crippen molar-refractivity contribution in [3.8, 4) is 0 Å². The topological polar surface area (TPSA) is 38.0 Å². The molecule has 0 aliphatic rings. The second-order valence-electron chi connectivity index (χ2n) is 4.42. The molecule has 0 bridgehead atoms. The highest BCUT2D eigenvalue weighted by molar-refractivity contribution is 7.09. The summed E-state index contributed by atoms with van der Waals surface area (Å²) in [7, 11) is 0. The molecule has 1 unspecified atom stereocenters. The first-order valence-corrected chi connectivity index (χ1v) is 6.80. The van der Waals surface area contributed by atoms with Crippen LogP contribution in [0.5, 0.6) is 0 Å². The van der Waals surface area contributed by atoms with E-state index >= 15 is 0 Å². The van der Waals surface area contributed by atoms with Crippen molar-refractivity contribution >= 4 is 11.3 Å². The predicted molar refractivity (Wildman–Crippen MR) is 74.0 cm³/mol. The summed E-state index contributed by atoms with van der Waals surface area (Å²) in [5.41, 5.74) is 4.93. The fraction of sp³-hybridized carbons (Fsp3) is 0.286. The summed E-state index contributed by atoms with van der Waals surface area (Å²) in [6.45, 7) is 1.99. The van der Waals surface area contributed by atoms with Crippen molar-refractivity contribution in [3.63, 3.8) is 0 Å². The van der Waals surface area contributed by atoms with Crippen molar-refractivity contribution in [1.82, 2.24) is 5.43 Å². The van der Waals surface area contributed by atoms with E-state index in [2.05, 4.69) is 16.9 Å². The van der Waals surface area contributed by atoms with E-state index in [-0.39, 0.29) is 11.9 Å². The summed E-state index contributed by atoms with van der Waals surface area (Å²) in [5.74, 6) is 5.39. The van der Waals surface area contributed by atoms with Gasteiger partial charge in [0.2, 0.25) is 0 Å². The fourth-order valence-electron chi connectivity index (χ4n) is 1.99. The normalized spacial score (nSPS) is 12.6. The molecule has 0 saturated carbocycles. The Kier molecular flexibility index (Phi) is 4.47. The first-order chi connectivity index (χ1) is 8.69. The minimum atomic E-state index is -0.192. The maximum Gasteiger partial charge on any atom is 0.123 e. The largest absolute Gasteiger partial charge is 0.271 e. The molecule has 3 N–H and O–H groups in total. The van der Waals surface area contributed by atoms with Gasteiger partial charge in [-0.25, -0.2) is 4.39 Å². The second-order valence-corrected chi connectivity index (χ2v) is 5.45. The maximum absolute atomic E-state index is 13.2. The van der Waals surface area contributed by atoms with Crippen LogP contribution >= 0.6 is 11.3 Å². The van der Waals surface area contributed by atoms with Gasteiger partial charge in [0.25, 0.3) is 0 Å². The minimum absolute atomic E-state index is 0.129. The van der Waals surface area contributed by atoms with Crippen LogP contribution in [-0.4, -0.2) is 6.04 Å². The highest BCUT2D eigenvalue weighted by atomic mass is 32.1. The van der Waals surface area contributed by atoms with Crippen molar-refractivity contribution < 1.29 is 4.39 Å². The van der Waals surface area contributed by atoms with Crippen LogP contribution in [0.25, 0.3) is 0 Å². The number of nitrogens with two attached hydrogens (primary N) is 1. The van der Waals surface area contributed by atoms with Gasteiger partial charge in [0, 0.05) is 10.9 Å². The summed E-state index contributed by atoms with van der Waals surface area (Å²) in [5, 5.41) is 2.05. The Morgan fingerprint density at radius 1 is 1.33 bits per heavy atom. The number of nitrogens with one attached hydrogen (secondary N) is 1. The van der Waals surface area contributed by atoms with E-state index in [4.69, 9.17) is 5.84 Å². The van der Waals surface area contributed by atoms with Gasteiger partial charge in [-0.05, 0) is 54.5 Å². The predicted octanol–water partition coefficient (Wildman–Crippen LogP) is 2.81. The maximum atomic E-state index is 13.2. The van der Waals surface area contributed by atoms with Gasteiger partial charge >= 0.3 is 0 Å². The van der Waals surface area contributed by atoms with Crippen LogP contribution in [0.15, 0.2) is 35.7 Å². The Hall–Kier alpha value is -1.23.